The van der Waals surface area contributed by atoms with Gasteiger partial charge >= 0.3 is 0 Å². The molecule has 2 nitrogen and oxygen atoms in total. The lowest BCUT2D eigenvalue weighted by atomic mass is 10.0. The maximum atomic E-state index is 9.11. The minimum atomic E-state index is 0.604. The van der Waals surface area contributed by atoms with Crippen LogP contribution in [0.15, 0.2) is 18.2 Å². The molecule has 1 radical (unpaired) electrons. The Labute approximate surface area is 105 Å². The molecule has 1 aromatic carbocycles. The lowest BCUT2D eigenvalue weighted by Gasteiger charge is -2.11. The molecule has 0 unspecified atom stereocenters. The quantitative estimate of drug-likeness (QED) is 0.725. The Hall–Kier alpha value is -1.02. The zero-order valence-electron chi connectivity index (χ0n) is 11.1. The molecule has 0 atom stereocenters. The summed E-state index contributed by atoms with van der Waals surface area (Å²) in [5, 5.41) is 9.11. The molecular formula is C15H23O2. The maximum Gasteiger partial charge on any atom is 0.119 e. The second-order valence-corrected chi connectivity index (χ2v) is 4.84. The monoisotopic (exact) mass is 235 g/mol. The van der Waals surface area contributed by atoms with Crippen LogP contribution in [-0.4, -0.2) is 11.7 Å². The molecule has 0 heterocycles. The van der Waals surface area contributed by atoms with Crippen molar-refractivity contribution >= 4 is 0 Å². The minimum Gasteiger partial charge on any atom is -0.494 e. The molecule has 17 heavy (non-hydrogen) atoms. The zero-order valence-corrected chi connectivity index (χ0v) is 11.1. The van der Waals surface area contributed by atoms with Crippen molar-refractivity contribution in [3.63, 3.8) is 0 Å². The van der Waals surface area contributed by atoms with Crippen molar-refractivity contribution in [3.8, 4) is 5.75 Å². The number of unbranched alkanes of at least 4 members (excludes halogenated alkanes) is 1. The van der Waals surface area contributed by atoms with E-state index in [1.807, 2.05) is 12.1 Å². The van der Waals surface area contributed by atoms with Gasteiger partial charge in [-0.1, -0.05) is 33.3 Å². The average Bonchev–Trinajstić information content (AvgIpc) is 2.28. The molecule has 0 aliphatic heterocycles. The van der Waals surface area contributed by atoms with Crippen LogP contribution in [0.3, 0.4) is 0 Å². The first-order chi connectivity index (χ1) is 8.15. The summed E-state index contributed by atoms with van der Waals surface area (Å²) in [5.74, 6) is 1.46. The Kier molecular flexibility index (Phi) is 6.06. The van der Waals surface area contributed by atoms with Crippen LogP contribution in [0.25, 0.3) is 0 Å². The smallest absolute Gasteiger partial charge is 0.119 e. The fraction of sp³-hybridized carbons (Fsp3) is 0.533. The molecule has 0 saturated carbocycles. The number of hydrogen-bond acceptors (Lipinski definition) is 2. The first-order valence-corrected chi connectivity index (χ1v) is 6.40. The van der Waals surface area contributed by atoms with Gasteiger partial charge in [0.2, 0.25) is 0 Å². The lowest BCUT2D eigenvalue weighted by Crippen LogP contribution is -2.00. The lowest BCUT2D eigenvalue weighted by molar-refractivity contribution is 0.308. The van der Waals surface area contributed by atoms with E-state index in [9.17, 15) is 0 Å². The van der Waals surface area contributed by atoms with E-state index in [1.54, 1.807) is 0 Å². The normalized spacial score (nSPS) is 10.9. The Balaban J connectivity index is 2.74. The van der Waals surface area contributed by atoms with Gasteiger partial charge in [0.05, 0.1) is 6.61 Å². The summed E-state index contributed by atoms with van der Waals surface area (Å²) >= 11 is 0. The second kappa shape index (κ2) is 7.33. The van der Waals surface area contributed by atoms with E-state index in [0.29, 0.717) is 5.92 Å². The summed E-state index contributed by atoms with van der Waals surface area (Å²) in [4.78, 5) is 0. The molecule has 1 aromatic rings. The van der Waals surface area contributed by atoms with E-state index in [0.717, 1.165) is 43.8 Å². The van der Waals surface area contributed by atoms with Crippen LogP contribution >= 0.6 is 0 Å². The molecule has 2 heteroatoms. The Morgan fingerprint density at radius 2 is 2.06 bits per heavy atom. The molecule has 1 N–H and O–H groups in total. The van der Waals surface area contributed by atoms with Gasteiger partial charge in [-0.25, -0.2) is 0 Å². The number of hydrogen-bond donors (Lipinski definition) is 1. The number of rotatable bonds is 7. The predicted molar refractivity (Wildman–Crippen MR) is 70.7 cm³/mol. The van der Waals surface area contributed by atoms with Crippen molar-refractivity contribution in [1.82, 2.24) is 0 Å². The topological polar surface area (TPSA) is 29.5 Å². The van der Waals surface area contributed by atoms with Gasteiger partial charge in [0.15, 0.2) is 0 Å². The molecule has 0 aromatic heterocycles. The van der Waals surface area contributed by atoms with Gasteiger partial charge in [0.25, 0.3) is 0 Å². The van der Waals surface area contributed by atoms with Crippen LogP contribution in [0.2, 0.25) is 0 Å². The highest BCUT2D eigenvalue weighted by Crippen LogP contribution is 2.20. The molecule has 0 aliphatic rings. The zero-order chi connectivity index (χ0) is 12.7. The van der Waals surface area contributed by atoms with E-state index in [4.69, 9.17) is 9.84 Å². The maximum absolute atomic E-state index is 9.11. The summed E-state index contributed by atoms with van der Waals surface area (Å²) < 4.78 is 5.68. The largest absolute Gasteiger partial charge is 0.494 e. The van der Waals surface area contributed by atoms with E-state index >= 15 is 0 Å². The molecule has 0 saturated heterocycles. The fourth-order valence-corrected chi connectivity index (χ4v) is 1.77. The van der Waals surface area contributed by atoms with Crippen LogP contribution in [-0.2, 0) is 6.42 Å². The second-order valence-electron chi connectivity index (χ2n) is 4.84. The number of ether oxygens (including phenoxy) is 1. The standard InChI is InChI=1S/C15H23O2/c1-4-5-6-17-15-9-13(7-12(2)3)8-14(10-15)11-16/h8-12,16H,4-7H2,1-3H3. The van der Waals surface area contributed by atoms with Gasteiger partial charge in [0.1, 0.15) is 12.4 Å². The summed E-state index contributed by atoms with van der Waals surface area (Å²) in [5.41, 5.74) is 2.03. The van der Waals surface area contributed by atoms with Crippen molar-refractivity contribution in [2.45, 2.75) is 40.0 Å². The van der Waals surface area contributed by atoms with Gasteiger partial charge in [-0.15, -0.1) is 0 Å². The highest BCUT2D eigenvalue weighted by molar-refractivity contribution is 5.37. The van der Waals surface area contributed by atoms with Crippen LogP contribution < -0.4 is 4.74 Å². The van der Waals surface area contributed by atoms with Crippen molar-refractivity contribution in [3.05, 3.63) is 35.9 Å². The Bertz CT molecular complexity index is 332. The molecule has 0 aliphatic carbocycles. The van der Waals surface area contributed by atoms with Crippen LogP contribution in [0, 0.1) is 12.5 Å². The Morgan fingerprint density at radius 3 is 2.65 bits per heavy atom. The first-order valence-electron chi connectivity index (χ1n) is 6.40. The molecule has 0 amide bonds. The highest BCUT2D eigenvalue weighted by Gasteiger charge is 2.04. The van der Waals surface area contributed by atoms with Gasteiger partial charge in [-0.05, 0) is 42.0 Å². The van der Waals surface area contributed by atoms with Crippen molar-refractivity contribution in [2.75, 3.05) is 6.61 Å². The van der Waals surface area contributed by atoms with Crippen molar-refractivity contribution in [1.29, 1.82) is 0 Å². The number of benzene rings is 1. The number of aliphatic hydroxyl groups is 1. The summed E-state index contributed by atoms with van der Waals surface area (Å²) in [7, 11) is 0. The summed E-state index contributed by atoms with van der Waals surface area (Å²) in [6.07, 6.45) is 3.20. The summed E-state index contributed by atoms with van der Waals surface area (Å²) in [6.45, 7) is 8.40. The van der Waals surface area contributed by atoms with Crippen molar-refractivity contribution in [2.24, 2.45) is 5.92 Å². The molecular weight excluding hydrogens is 212 g/mol. The van der Waals surface area contributed by atoms with Gasteiger partial charge in [0, 0.05) is 0 Å². The fourth-order valence-electron chi connectivity index (χ4n) is 1.77. The average molecular weight is 235 g/mol. The highest BCUT2D eigenvalue weighted by atomic mass is 16.5. The van der Waals surface area contributed by atoms with Crippen LogP contribution in [0.1, 0.15) is 44.7 Å². The number of aliphatic hydroxyl groups excluding tert-OH is 1. The SMILES string of the molecule is CCCCOc1cc([CH]O)cc(CC(C)C)c1. The minimum absolute atomic E-state index is 0.604. The van der Waals surface area contributed by atoms with Crippen LogP contribution in [0.4, 0.5) is 0 Å². The van der Waals surface area contributed by atoms with E-state index in [1.165, 1.54) is 5.56 Å². The molecule has 0 fully saturated rings. The van der Waals surface area contributed by atoms with Crippen LogP contribution in [0.5, 0.6) is 5.75 Å². The Morgan fingerprint density at radius 1 is 1.29 bits per heavy atom. The summed E-state index contributed by atoms with van der Waals surface area (Å²) in [6, 6.07) is 5.95. The van der Waals surface area contributed by atoms with Gasteiger partial charge in [-0.3, -0.25) is 0 Å². The van der Waals surface area contributed by atoms with Gasteiger partial charge < -0.3 is 9.84 Å². The predicted octanol–water partition coefficient (Wildman–Crippen LogP) is 3.95. The van der Waals surface area contributed by atoms with Crippen molar-refractivity contribution < 1.29 is 9.84 Å². The molecule has 1 rings (SSSR count). The third-order valence-electron chi connectivity index (χ3n) is 2.55. The first kappa shape index (κ1) is 14.0. The molecule has 95 valence electrons. The van der Waals surface area contributed by atoms with E-state index in [-0.39, 0.29) is 0 Å². The van der Waals surface area contributed by atoms with E-state index < -0.39 is 0 Å². The van der Waals surface area contributed by atoms with Gasteiger partial charge in [-0.2, -0.15) is 0 Å². The third-order valence-corrected chi connectivity index (χ3v) is 2.55. The molecule has 0 spiro atoms. The molecule has 0 bridgehead atoms. The third kappa shape index (κ3) is 5.22. The van der Waals surface area contributed by atoms with E-state index in [2.05, 4.69) is 26.8 Å².